The third kappa shape index (κ3) is 3.63. The zero-order valence-corrected chi connectivity index (χ0v) is 16.9. The highest BCUT2D eigenvalue weighted by Gasteiger charge is 2.41. The van der Waals surface area contributed by atoms with Crippen molar-refractivity contribution in [2.24, 2.45) is 0 Å². The first-order chi connectivity index (χ1) is 13.6. The van der Waals surface area contributed by atoms with Crippen LogP contribution in [0.5, 0.6) is 0 Å². The van der Waals surface area contributed by atoms with Gasteiger partial charge in [0.2, 0.25) is 0 Å². The van der Waals surface area contributed by atoms with Crippen LogP contribution in [-0.2, 0) is 0 Å². The summed E-state index contributed by atoms with van der Waals surface area (Å²) in [6.07, 6.45) is 7.58. The molecule has 3 aromatic heterocycles. The third-order valence-electron chi connectivity index (χ3n) is 4.99. The summed E-state index contributed by atoms with van der Waals surface area (Å²) in [4.78, 5) is 13.3. The average molecular weight is 393 g/mol. The Hall–Kier alpha value is -2.77. The minimum absolute atomic E-state index is 0.0128. The third-order valence-corrected chi connectivity index (χ3v) is 5.35. The van der Waals surface area contributed by atoms with Crippen LogP contribution in [0.3, 0.4) is 0 Å². The second-order valence-corrected chi connectivity index (χ2v) is 7.52. The molecule has 3 aromatic rings. The average Bonchev–Trinajstić information content (AvgIpc) is 3.32. The molecule has 0 bridgehead atoms. The molecular weight excluding hydrogens is 368 g/mol. The van der Waals surface area contributed by atoms with E-state index in [0.29, 0.717) is 0 Å². The van der Waals surface area contributed by atoms with E-state index >= 15 is 0 Å². The highest BCUT2D eigenvalue weighted by molar-refractivity contribution is 7.80. The van der Waals surface area contributed by atoms with Crippen molar-refractivity contribution in [3.8, 4) is 5.69 Å². The van der Waals surface area contributed by atoms with Gasteiger partial charge >= 0.3 is 0 Å². The Morgan fingerprint density at radius 3 is 2.71 bits per heavy atom. The first-order valence-electron chi connectivity index (χ1n) is 9.35. The topological polar surface area (TPSA) is 49.2 Å². The number of thiocarbonyl (C=S) groups is 1. The Morgan fingerprint density at radius 1 is 1.11 bits per heavy atom. The van der Waals surface area contributed by atoms with Gasteiger partial charge in [-0.2, -0.15) is 0 Å². The van der Waals surface area contributed by atoms with Crippen LogP contribution in [0.25, 0.3) is 5.69 Å². The van der Waals surface area contributed by atoms with E-state index in [1.54, 1.807) is 6.20 Å². The summed E-state index contributed by atoms with van der Waals surface area (Å²) in [5, 5.41) is 4.27. The zero-order chi connectivity index (χ0) is 19.5. The first kappa shape index (κ1) is 18.6. The van der Waals surface area contributed by atoms with Gasteiger partial charge in [-0.1, -0.05) is 6.07 Å². The predicted molar refractivity (Wildman–Crippen MR) is 114 cm³/mol. The summed E-state index contributed by atoms with van der Waals surface area (Å²) in [7, 11) is 4.16. The number of hydrogen-bond donors (Lipinski definition) is 1. The molecule has 0 radical (unpaired) electrons. The van der Waals surface area contributed by atoms with Gasteiger partial charge in [0.25, 0.3) is 0 Å². The van der Waals surface area contributed by atoms with Gasteiger partial charge in [0.1, 0.15) is 0 Å². The van der Waals surface area contributed by atoms with E-state index < -0.39 is 0 Å². The lowest BCUT2D eigenvalue weighted by molar-refractivity contribution is 0.272. The maximum atomic E-state index is 5.73. The van der Waals surface area contributed by atoms with Crippen molar-refractivity contribution < 1.29 is 0 Å². The van der Waals surface area contributed by atoms with E-state index in [9.17, 15) is 0 Å². The van der Waals surface area contributed by atoms with E-state index in [4.69, 9.17) is 12.2 Å². The van der Waals surface area contributed by atoms with Crippen LogP contribution < -0.4 is 5.32 Å². The van der Waals surface area contributed by atoms with E-state index in [-0.39, 0.29) is 12.1 Å². The summed E-state index contributed by atoms with van der Waals surface area (Å²) < 4.78 is 2.19. The second-order valence-electron chi connectivity index (χ2n) is 7.14. The number of nitrogens with one attached hydrogen (secondary N) is 1. The summed E-state index contributed by atoms with van der Waals surface area (Å²) in [6, 6.07) is 14.3. The summed E-state index contributed by atoms with van der Waals surface area (Å²) in [5.41, 5.74) is 3.18. The standard InChI is InChI=1S/C21H24N6S/c1-25(2)13-14-27-20(19(24-21(27)28)17-8-3-4-11-23-17)18-9-6-12-26(18)16-7-5-10-22-15-16/h3-12,15,19-20H,13-14H2,1-2H3,(H,24,28). The van der Waals surface area contributed by atoms with Crippen LogP contribution in [-0.4, -0.2) is 56.6 Å². The molecule has 1 aliphatic heterocycles. The lowest BCUT2D eigenvalue weighted by Crippen LogP contribution is -2.36. The Balaban J connectivity index is 1.77. The molecular formula is C21H24N6S. The van der Waals surface area contributed by atoms with Gasteiger partial charge < -0.3 is 19.7 Å². The van der Waals surface area contributed by atoms with Crippen LogP contribution in [0.4, 0.5) is 0 Å². The van der Waals surface area contributed by atoms with Gasteiger partial charge in [-0.25, -0.2) is 0 Å². The molecule has 1 N–H and O–H groups in total. The predicted octanol–water partition coefficient (Wildman–Crippen LogP) is 2.80. The van der Waals surface area contributed by atoms with Crippen LogP contribution in [0.1, 0.15) is 23.5 Å². The van der Waals surface area contributed by atoms with Gasteiger partial charge in [-0.05, 0) is 62.7 Å². The Morgan fingerprint density at radius 2 is 2.00 bits per heavy atom. The number of likely N-dealkylation sites (N-methyl/N-ethyl adjacent to an activating group) is 1. The minimum Gasteiger partial charge on any atom is -0.352 e. The van der Waals surface area contributed by atoms with Crippen molar-refractivity contribution in [2.75, 3.05) is 27.2 Å². The van der Waals surface area contributed by atoms with Crippen molar-refractivity contribution in [3.05, 3.63) is 78.6 Å². The lowest BCUT2D eigenvalue weighted by atomic mass is 10.0. The molecule has 4 rings (SSSR count). The molecule has 0 aliphatic carbocycles. The molecule has 0 spiro atoms. The molecule has 28 heavy (non-hydrogen) atoms. The van der Waals surface area contributed by atoms with Crippen molar-refractivity contribution in [3.63, 3.8) is 0 Å². The number of pyridine rings is 2. The molecule has 0 saturated carbocycles. The fourth-order valence-corrected chi connectivity index (χ4v) is 3.97. The molecule has 1 aliphatic rings. The normalized spacial score (nSPS) is 19.2. The molecule has 2 atom stereocenters. The summed E-state index contributed by atoms with van der Waals surface area (Å²) in [5.74, 6) is 0. The van der Waals surface area contributed by atoms with Gasteiger partial charge in [0.05, 0.1) is 29.7 Å². The van der Waals surface area contributed by atoms with E-state index in [1.807, 2.05) is 30.6 Å². The SMILES string of the molecule is CN(C)CCN1C(=S)NC(c2ccccn2)C1c1cccn1-c1cccnc1. The largest absolute Gasteiger partial charge is 0.352 e. The molecule has 7 heteroatoms. The highest BCUT2D eigenvalue weighted by Crippen LogP contribution is 2.39. The maximum Gasteiger partial charge on any atom is 0.170 e. The molecule has 1 saturated heterocycles. The Labute approximate surface area is 170 Å². The second kappa shape index (κ2) is 8.08. The van der Waals surface area contributed by atoms with Gasteiger partial charge in [-0.15, -0.1) is 0 Å². The highest BCUT2D eigenvalue weighted by atomic mass is 32.1. The quantitative estimate of drug-likeness (QED) is 0.651. The molecule has 0 amide bonds. The molecule has 1 fully saturated rings. The van der Waals surface area contributed by atoms with E-state index in [1.165, 1.54) is 0 Å². The van der Waals surface area contributed by atoms with Crippen molar-refractivity contribution in [1.82, 2.24) is 29.7 Å². The number of hydrogen-bond acceptors (Lipinski definition) is 4. The van der Waals surface area contributed by atoms with Crippen LogP contribution in [0.15, 0.2) is 67.3 Å². The molecule has 0 aromatic carbocycles. The molecule has 4 heterocycles. The van der Waals surface area contributed by atoms with Crippen LogP contribution in [0.2, 0.25) is 0 Å². The molecule has 2 unspecified atom stereocenters. The van der Waals surface area contributed by atoms with Crippen molar-refractivity contribution in [1.29, 1.82) is 0 Å². The van der Waals surface area contributed by atoms with Gasteiger partial charge in [-0.3, -0.25) is 9.97 Å². The van der Waals surface area contributed by atoms with Crippen molar-refractivity contribution >= 4 is 17.3 Å². The van der Waals surface area contributed by atoms with Crippen LogP contribution in [0, 0.1) is 0 Å². The maximum absolute atomic E-state index is 5.73. The fraction of sp³-hybridized carbons (Fsp3) is 0.286. The van der Waals surface area contributed by atoms with Crippen LogP contribution >= 0.6 is 12.2 Å². The van der Waals surface area contributed by atoms with Crippen molar-refractivity contribution in [2.45, 2.75) is 12.1 Å². The van der Waals surface area contributed by atoms with Gasteiger partial charge in [0.15, 0.2) is 5.11 Å². The number of aromatic nitrogens is 3. The van der Waals surface area contributed by atoms with E-state index in [0.717, 1.165) is 35.3 Å². The smallest absolute Gasteiger partial charge is 0.170 e. The van der Waals surface area contributed by atoms with E-state index in [2.05, 4.69) is 74.2 Å². The lowest BCUT2D eigenvalue weighted by Gasteiger charge is -2.29. The number of nitrogens with zero attached hydrogens (tertiary/aromatic N) is 5. The monoisotopic (exact) mass is 392 g/mol. The Bertz CT molecular complexity index is 924. The molecule has 144 valence electrons. The first-order valence-corrected chi connectivity index (χ1v) is 9.76. The van der Waals surface area contributed by atoms with Gasteiger partial charge in [0, 0.05) is 37.4 Å². The summed E-state index contributed by atoms with van der Waals surface area (Å²) in [6.45, 7) is 1.76. The Kier molecular flexibility index (Phi) is 5.36. The zero-order valence-electron chi connectivity index (χ0n) is 16.1. The minimum atomic E-state index is -0.0128. The number of rotatable bonds is 6. The summed E-state index contributed by atoms with van der Waals surface area (Å²) >= 11 is 5.73. The molecule has 6 nitrogen and oxygen atoms in total. The fourth-order valence-electron chi connectivity index (χ4n) is 3.64.